The van der Waals surface area contributed by atoms with Crippen LogP contribution < -0.4 is 5.32 Å². The Balaban J connectivity index is 3.51. The van der Waals surface area contributed by atoms with Crippen molar-refractivity contribution in [1.82, 2.24) is 0 Å². The third-order valence-electron chi connectivity index (χ3n) is 1.69. The molecule has 0 aromatic heterocycles. The highest BCUT2D eigenvalue weighted by atomic mass is 79.9. The van der Waals surface area contributed by atoms with Gasteiger partial charge in [-0.15, -0.1) is 0 Å². The normalized spacial score (nSPS) is 10.0. The Morgan fingerprint density at radius 2 is 2.00 bits per heavy atom. The zero-order valence-electron chi connectivity index (χ0n) is 7.97. The number of amides is 1. The van der Waals surface area contributed by atoms with Crippen molar-refractivity contribution < 1.29 is 23.5 Å². The summed E-state index contributed by atoms with van der Waals surface area (Å²) in [6, 6.07) is 0.685. The number of benzene rings is 1. The number of carboxylic acid groups (broad SMARTS) is 1. The molecule has 7 heteroatoms. The van der Waals surface area contributed by atoms with Gasteiger partial charge in [0.25, 0.3) is 0 Å². The van der Waals surface area contributed by atoms with Gasteiger partial charge in [0.15, 0.2) is 5.82 Å². The van der Waals surface area contributed by atoms with Gasteiger partial charge in [-0.2, -0.15) is 0 Å². The Morgan fingerprint density at radius 1 is 1.44 bits per heavy atom. The van der Waals surface area contributed by atoms with Gasteiger partial charge in [-0.25, -0.2) is 13.6 Å². The summed E-state index contributed by atoms with van der Waals surface area (Å²) in [5, 5.41) is 10.6. The molecule has 0 heterocycles. The molecule has 1 aromatic carbocycles. The van der Waals surface area contributed by atoms with Crippen molar-refractivity contribution in [2.45, 2.75) is 6.92 Å². The van der Waals surface area contributed by atoms with Crippen LogP contribution in [0.5, 0.6) is 0 Å². The van der Waals surface area contributed by atoms with E-state index in [1.165, 1.54) is 0 Å². The number of nitrogens with one attached hydrogen (secondary N) is 1. The smallest absolute Gasteiger partial charge is 0.340 e. The van der Waals surface area contributed by atoms with E-state index in [0.717, 1.165) is 6.92 Å². The molecule has 16 heavy (non-hydrogen) atoms. The highest BCUT2D eigenvalue weighted by Crippen LogP contribution is 2.29. The van der Waals surface area contributed by atoms with Gasteiger partial charge in [0.1, 0.15) is 11.4 Å². The van der Waals surface area contributed by atoms with Crippen LogP contribution in [0.4, 0.5) is 14.5 Å². The van der Waals surface area contributed by atoms with Gasteiger partial charge < -0.3 is 10.4 Å². The summed E-state index contributed by atoms with van der Waals surface area (Å²) >= 11 is 2.71. The van der Waals surface area contributed by atoms with Crippen LogP contribution in [0.25, 0.3) is 0 Å². The van der Waals surface area contributed by atoms with Gasteiger partial charge in [0, 0.05) is 6.92 Å². The van der Waals surface area contributed by atoms with E-state index >= 15 is 0 Å². The summed E-state index contributed by atoms with van der Waals surface area (Å²) in [5.41, 5.74) is -1.59. The lowest BCUT2D eigenvalue weighted by Crippen LogP contribution is -2.14. The highest BCUT2D eigenvalue weighted by Gasteiger charge is 2.23. The quantitative estimate of drug-likeness (QED) is 0.823. The molecule has 1 amide bonds. The lowest BCUT2D eigenvalue weighted by atomic mass is 10.1. The first kappa shape index (κ1) is 12.6. The highest BCUT2D eigenvalue weighted by molar-refractivity contribution is 9.10. The number of halogens is 3. The van der Waals surface area contributed by atoms with E-state index in [2.05, 4.69) is 15.9 Å². The maximum absolute atomic E-state index is 13.5. The van der Waals surface area contributed by atoms with Crippen molar-refractivity contribution in [2.24, 2.45) is 0 Å². The fraction of sp³-hybridized carbons (Fsp3) is 0.111. The van der Waals surface area contributed by atoms with E-state index in [1.807, 2.05) is 5.32 Å². The first-order valence-electron chi connectivity index (χ1n) is 4.03. The molecule has 0 fully saturated rings. The van der Waals surface area contributed by atoms with E-state index in [-0.39, 0.29) is 4.47 Å². The average Bonchev–Trinajstić information content (AvgIpc) is 2.12. The molecule has 0 spiro atoms. The Morgan fingerprint density at radius 3 is 2.44 bits per heavy atom. The summed E-state index contributed by atoms with van der Waals surface area (Å²) in [6.07, 6.45) is 0. The molecule has 0 aliphatic carbocycles. The Hall–Kier alpha value is -1.50. The van der Waals surface area contributed by atoms with Crippen LogP contribution in [0.1, 0.15) is 17.3 Å². The van der Waals surface area contributed by atoms with Crippen molar-refractivity contribution in [1.29, 1.82) is 0 Å². The number of anilines is 1. The van der Waals surface area contributed by atoms with Crippen LogP contribution in [0.15, 0.2) is 10.5 Å². The molecule has 0 saturated carbocycles. The molecule has 0 bridgehead atoms. The second-order valence-electron chi connectivity index (χ2n) is 2.89. The fourth-order valence-electron chi connectivity index (χ4n) is 1.10. The second-order valence-corrected chi connectivity index (χ2v) is 3.74. The van der Waals surface area contributed by atoms with Gasteiger partial charge in [0.2, 0.25) is 5.91 Å². The molecule has 86 valence electrons. The van der Waals surface area contributed by atoms with E-state index in [4.69, 9.17) is 5.11 Å². The van der Waals surface area contributed by atoms with Crippen LogP contribution >= 0.6 is 15.9 Å². The lowest BCUT2D eigenvalue weighted by molar-refractivity contribution is -0.114. The van der Waals surface area contributed by atoms with Crippen LogP contribution in [0.3, 0.4) is 0 Å². The van der Waals surface area contributed by atoms with E-state index in [9.17, 15) is 18.4 Å². The van der Waals surface area contributed by atoms with Gasteiger partial charge in [-0.1, -0.05) is 0 Å². The van der Waals surface area contributed by atoms with E-state index < -0.39 is 34.8 Å². The third-order valence-corrected chi connectivity index (χ3v) is 2.26. The molecular formula is C9H6BrF2NO3. The zero-order valence-corrected chi connectivity index (χ0v) is 9.56. The van der Waals surface area contributed by atoms with Crippen LogP contribution in [-0.4, -0.2) is 17.0 Å². The molecule has 0 saturated heterocycles. The molecule has 0 aliphatic rings. The number of rotatable bonds is 2. The molecule has 0 atom stereocenters. The first-order valence-corrected chi connectivity index (χ1v) is 4.82. The summed E-state index contributed by atoms with van der Waals surface area (Å²) < 4.78 is 26.5. The van der Waals surface area contributed by atoms with Crippen molar-refractivity contribution in [3.63, 3.8) is 0 Å². The van der Waals surface area contributed by atoms with Crippen molar-refractivity contribution in [3.8, 4) is 0 Å². The number of aromatic carboxylic acids is 1. The topological polar surface area (TPSA) is 66.4 Å². The maximum atomic E-state index is 13.5. The molecule has 2 N–H and O–H groups in total. The van der Waals surface area contributed by atoms with Crippen molar-refractivity contribution in [2.75, 3.05) is 5.32 Å². The first-order chi connectivity index (χ1) is 7.34. The lowest BCUT2D eigenvalue weighted by Gasteiger charge is -2.10. The minimum atomic E-state index is -1.66. The van der Waals surface area contributed by atoms with Gasteiger partial charge in [-0.05, 0) is 22.0 Å². The molecule has 4 nitrogen and oxygen atoms in total. The minimum absolute atomic E-state index is 0.265. The van der Waals surface area contributed by atoms with E-state index in [1.54, 1.807) is 0 Å². The Kier molecular flexibility index (Phi) is 3.58. The van der Waals surface area contributed by atoms with Gasteiger partial charge in [0.05, 0.1) is 10.2 Å². The number of carbonyl (C=O) groups excluding carboxylic acids is 1. The number of hydrogen-bond acceptors (Lipinski definition) is 2. The third kappa shape index (κ3) is 2.35. The average molecular weight is 294 g/mol. The number of carboxylic acids is 1. The molecule has 0 aliphatic heterocycles. The largest absolute Gasteiger partial charge is 0.478 e. The fourth-order valence-corrected chi connectivity index (χ4v) is 1.50. The predicted octanol–water partition coefficient (Wildman–Crippen LogP) is 2.38. The van der Waals surface area contributed by atoms with Crippen LogP contribution in [0.2, 0.25) is 0 Å². The summed E-state index contributed by atoms with van der Waals surface area (Å²) in [4.78, 5) is 21.5. The monoisotopic (exact) mass is 293 g/mol. The standard InChI is InChI=1S/C9H6BrF2NO3/c1-3(14)13-8-6(9(15)16)5(11)2-4(10)7(8)12/h2H,1H3,(H,13,14)(H,15,16). The molecule has 1 rings (SSSR count). The zero-order chi connectivity index (χ0) is 12.5. The SMILES string of the molecule is CC(=O)Nc1c(F)c(Br)cc(F)c1C(=O)O. The predicted molar refractivity (Wildman–Crippen MR) is 55.3 cm³/mol. The Bertz CT molecular complexity index is 476. The van der Waals surface area contributed by atoms with Gasteiger partial charge >= 0.3 is 5.97 Å². The number of carbonyl (C=O) groups is 2. The second kappa shape index (κ2) is 4.56. The molecule has 0 radical (unpaired) electrons. The molecule has 0 unspecified atom stereocenters. The Labute approximate surface area is 97.4 Å². The van der Waals surface area contributed by atoms with Crippen LogP contribution in [-0.2, 0) is 4.79 Å². The van der Waals surface area contributed by atoms with Crippen molar-refractivity contribution >= 4 is 33.5 Å². The van der Waals surface area contributed by atoms with E-state index in [0.29, 0.717) is 6.07 Å². The van der Waals surface area contributed by atoms with Crippen molar-refractivity contribution in [3.05, 3.63) is 27.7 Å². The number of hydrogen-bond donors (Lipinski definition) is 2. The maximum Gasteiger partial charge on any atom is 0.340 e. The molecular weight excluding hydrogens is 288 g/mol. The van der Waals surface area contributed by atoms with Crippen LogP contribution in [0, 0.1) is 11.6 Å². The summed E-state index contributed by atoms with van der Waals surface area (Å²) in [6.45, 7) is 1.06. The molecule has 1 aromatic rings. The van der Waals surface area contributed by atoms with Gasteiger partial charge in [-0.3, -0.25) is 4.79 Å². The summed E-state index contributed by atoms with van der Waals surface area (Å²) in [5.74, 6) is -4.52. The summed E-state index contributed by atoms with van der Waals surface area (Å²) in [7, 11) is 0. The minimum Gasteiger partial charge on any atom is -0.478 e.